The van der Waals surface area contributed by atoms with Crippen molar-refractivity contribution >= 4 is 102 Å². The van der Waals surface area contributed by atoms with Gasteiger partial charge in [0.2, 0.25) is 0 Å². The maximum atomic E-state index is 2.48. The summed E-state index contributed by atoms with van der Waals surface area (Å²) in [5.41, 5.74) is 8.42. The summed E-state index contributed by atoms with van der Waals surface area (Å²) in [6.07, 6.45) is 0. The van der Waals surface area contributed by atoms with Crippen LogP contribution in [0.5, 0.6) is 0 Å². The van der Waals surface area contributed by atoms with Crippen LogP contribution in [0.15, 0.2) is 200 Å². The van der Waals surface area contributed by atoms with E-state index in [0.29, 0.717) is 0 Å². The Hall–Kier alpha value is -7.00. The molecule has 2 heterocycles. The van der Waals surface area contributed by atoms with E-state index >= 15 is 0 Å². The quantitative estimate of drug-likeness (QED) is 0.163. The number of benzene rings is 9. The average molecular weight is 728 g/mol. The number of hydrogen-bond donors (Lipinski definition) is 0. The molecular weight excluding hydrogens is 695 g/mol. The molecule has 12 rings (SSSR count). The van der Waals surface area contributed by atoms with E-state index < -0.39 is 0 Å². The summed E-state index contributed by atoms with van der Waals surface area (Å²) in [6, 6.07) is 74.4. The molecule has 260 valence electrons. The van der Waals surface area contributed by atoms with E-state index in [1.807, 2.05) is 11.3 Å². The van der Waals surface area contributed by atoms with Gasteiger partial charge in [-0.15, -0.1) is 11.3 Å². The summed E-state index contributed by atoms with van der Waals surface area (Å²) >= 11 is 1.91. The first-order valence-electron chi connectivity index (χ1n) is 19.3. The number of nitrogens with zero attached hydrogens (tertiary/aromatic N) is 1. The zero-order valence-electron chi connectivity index (χ0n) is 30.4. The zero-order valence-corrected chi connectivity index (χ0v) is 31.2. The molecule has 1 aliphatic heterocycles. The van der Waals surface area contributed by atoms with Crippen LogP contribution in [-0.4, -0.2) is 0 Å². The van der Waals surface area contributed by atoms with Crippen molar-refractivity contribution in [2.75, 3.05) is 4.90 Å². The molecule has 0 amide bonds. The van der Waals surface area contributed by atoms with Crippen LogP contribution >= 0.6 is 11.3 Å². The number of fused-ring (bicyclic) bond motifs is 19. The van der Waals surface area contributed by atoms with Crippen molar-refractivity contribution in [2.24, 2.45) is 0 Å². The van der Waals surface area contributed by atoms with Crippen molar-refractivity contribution in [1.82, 2.24) is 0 Å². The third kappa shape index (κ3) is 4.54. The molecule has 1 aromatic heterocycles. The van der Waals surface area contributed by atoms with E-state index in [9.17, 15) is 0 Å². The van der Waals surface area contributed by atoms with E-state index in [0.717, 1.165) is 5.69 Å². The summed E-state index contributed by atoms with van der Waals surface area (Å²) in [7, 11) is 0. The first-order valence-corrected chi connectivity index (χ1v) is 20.1. The van der Waals surface area contributed by atoms with Crippen LogP contribution in [0.2, 0.25) is 0 Å². The topological polar surface area (TPSA) is 3.24 Å². The molecule has 11 aromatic rings. The van der Waals surface area contributed by atoms with Gasteiger partial charge in [0.15, 0.2) is 0 Å². The molecular formula is C54H33NS. The molecule has 0 aliphatic carbocycles. The highest BCUT2D eigenvalue weighted by atomic mass is 32.1. The summed E-state index contributed by atoms with van der Waals surface area (Å²) in [5.74, 6) is 0. The van der Waals surface area contributed by atoms with Gasteiger partial charge in [0.1, 0.15) is 0 Å². The molecule has 0 bridgehead atoms. The molecule has 0 saturated heterocycles. The van der Waals surface area contributed by atoms with Crippen molar-refractivity contribution < 1.29 is 0 Å². The first-order chi connectivity index (χ1) is 27.8. The minimum absolute atomic E-state index is 1.13. The van der Waals surface area contributed by atoms with Gasteiger partial charge in [-0.2, -0.15) is 0 Å². The van der Waals surface area contributed by atoms with Crippen LogP contribution in [0.3, 0.4) is 0 Å². The number of anilines is 3. The summed E-state index contributed by atoms with van der Waals surface area (Å²) in [6.45, 7) is 0. The molecule has 0 unspecified atom stereocenters. The second kappa shape index (κ2) is 12.3. The summed E-state index contributed by atoms with van der Waals surface area (Å²) in [4.78, 5) is 2.48. The lowest BCUT2D eigenvalue weighted by atomic mass is 9.93. The second-order valence-corrected chi connectivity index (χ2v) is 15.8. The fourth-order valence-corrected chi connectivity index (χ4v) is 10.7. The molecule has 1 aliphatic rings. The van der Waals surface area contributed by atoms with Crippen LogP contribution in [0, 0.1) is 0 Å². The molecule has 0 atom stereocenters. The third-order valence-electron chi connectivity index (χ3n) is 11.8. The van der Waals surface area contributed by atoms with Crippen LogP contribution in [0.4, 0.5) is 17.1 Å². The number of rotatable bonds is 1. The van der Waals surface area contributed by atoms with Gasteiger partial charge in [0.05, 0.1) is 11.4 Å². The fraction of sp³-hybridized carbons (Fsp3) is 0. The predicted molar refractivity (Wildman–Crippen MR) is 244 cm³/mol. The van der Waals surface area contributed by atoms with Crippen LogP contribution in [0.25, 0.3) is 96.3 Å². The normalized spacial score (nSPS) is 12.2. The van der Waals surface area contributed by atoms with E-state index in [-0.39, 0.29) is 0 Å². The number of thiophene rings is 1. The average Bonchev–Trinajstić information content (AvgIpc) is 3.59. The zero-order chi connectivity index (χ0) is 36.7. The lowest BCUT2D eigenvalue weighted by molar-refractivity contribution is 1.30. The van der Waals surface area contributed by atoms with E-state index in [4.69, 9.17) is 0 Å². The highest BCUT2D eigenvalue weighted by molar-refractivity contribution is 7.26. The van der Waals surface area contributed by atoms with Crippen molar-refractivity contribution in [1.29, 1.82) is 0 Å². The molecule has 0 saturated carbocycles. The Balaban J connectivity index is 1.31. The Morgan fingerprint density at radius 3 is 1.29 bits per heavy atom. The van der Waals surface area contributed by atoms with Crippen molar-refractivity contribution in [3.63, 3.8) is 0 Å². The monoisotopic (exact) mass is 727 g/mol. The Morgan fingerprint density at radius 2 is 0.679 bits per heavy atom. The Bertz CT molecular complexity index is 3430. The highest BCUT2D eigenvalue weighted by Crippen LogP contribution is 2.51. The minimum Gasteiger partial charge on any atom is -0.309 e. The van der Waals surface area contributed by atoms with Crippen LogP contribution in [-0.2, 0) is 0 Å². The Kier molecular flexibility index (Phi) is 6.87. The van der Waals surface area contributed by atoms with Crippen molar-refractivity contribution in [2.45, 2.75) is 0 Å². The lowest BCUT2D eigenvalue weighted by Crippen LogP contribution is -2.10. The van der Waals surface area contributed by atoms with Gasteiger partial charge >= 0.3 is 0 Å². The molecule has 2 heteroatoms. The number of para-hydroxylation sites is 2. The predicted octanol–water partition coefficient (Wildman–Crippen LogP) is 16.1. The van der Waals surface area contributed by atoms with Crippen LogP contribution < -0.4 is 4.90 Å². The largest absolute Gasteiger partial charge is 0.309 e. The smallest absolute Gasteiger partial charge is 0.0540 e. The Morgan fingerprint density at radius 1 is 0.286 bits per heavy atom. The minimum atomic E-state index is 1.13. The maximum Gasteiger partial charge on any atom is 0.0540 e. The molecule has 1 nitrogen and oxygen atoms in total. The lowest BCUT2D eigenvalue weighted by Gasteiger charge is -2.27. The van der Waals surface area contributed by atoms with Crippen molar-refractivity contribution in [3.05, 3.63) is 200 Å². The molecule has 10 aromatic carbocycles. The third-order valence-corrected chi connectivity index (χ3v) is 13.0. The van der Waals surface area contributed by atoms with Crippen LogP contribution in [0.1, 0.15) is 0 Å². The van der Waals surface area contributed by atoms with Gasteiger partial charge < -0.3 is 4.90 Å². The standard InChI is InChI=1S/C54H33NS/c1-2-16-36-35(15-1)37-17-3-6-21-41(37)49-33-34(55-50-26-12-9-22-43(50)38-18-4-5-19-39(38)44-23-10-13-27-51(44)55)29-30-42(49)47-31-32-48-45-24-11-14-28-52(45)56-54(48)53(47)46-25-8-7-20-40(36)46/h1-33H. The summed E-state index contributed by atoms with van der Waals surface area (Å²) < 4.78 is 2.64. The van der Waals surface area contributed by atoms with E-state index in [2.05, 4.69) is 205 Å². The maximum absolute atomic E-state index is 2.48. The molecule has 0 radical (unpaired) electrons. The first kappa shape index (κ1) is 31.4. The summed E-state index contributed by atoms with van der Waals surface area (Å²) in [5, 5.41) is 15.0. The number of hydrogen-bond acceptors (Lipinski definition) is 2. The highest BCUT2D eigenvalue weighted by Gasteiger charge is 2.26. The van der Waals surface area contributed by atoms with Gasteiger partial charge in [-0.1, -0.05) is 170 Å². The van der Waals surface area contributed by atoms with E-state index in [1.54, 1.807) is 0 Å². The second-order valence-electron chi connectivity index (χ2n) is 14.7. The molecule has 0 spiro atoms. The van der Waals surface area contributed by atoms with Gasteiger partial charge in [-0.05, 0) is 89.9 Å². The fourth-order valence-electron chi connectivity index (χ4n) is 9.40. The molecule has 0 fully saturated rings. The van der Waals surface area contributed by atoms with Crippen molar-refractivity contribution in [3.8, 4) is 22.3 Å². The molecule has 56 heavy (non-hydrogen) atoms. The van der Waals surface area contributed by atoms with Gasteiger partial charge in [-0.25, -0.2) is 0 Å². The SMILES string of the molecule is c1ccc2c(c1)-c1ccccc1N(c1ccc3c(c1)c1ccccc1c1ccccc1c1ccccc1c1c3ccc3c4ccccc4sc31)c1ccccc1-2. The van der Waals surface area contributed by atoms with Gasteiger partial charge in [-0.3, -0.25) is 0 Å². The van der Waals surface area contributed by atoms with Gasteiger partial charge in [0.25, 0.3) is 0 Å². The van der Waals surface area contributed by atoms with E-state index in [1.165, 1.54) is 108 Å². The molecule has 0 N–H and O–H groups in total. The van der Waals surface area contributed by atoms with Gasteiger partial charge in [0, 0.05) is 42.4 Å². The Labute approximate surface area is 328 Å².